The largest absolute Gasteiger partial charge is 0.352 e. The van der Waals surface area contributed by atoms with Crippen molar-refractivity contribution in [3.63, 3.8) is 0 Å². The number of nitrogens with zero attached hydrogens (tertiary/aromatic N) is 1. The summed E-state index contributed by atoms with van der Waals surface area (Å²) in [5.74, 6) is -0.351. The van der Waals surface area contributed by atoms with Crippen LogP contribution in [0.15, 0.2) is 24.3 Å². The highest BCUT2D eigenvalue weighted by Gasteiger charge is 2.27. The third-order valence-electron chi connectivity index (χ3n) is 5.23. The molecule has 2 heterocycles. The van der Waals surface area contributed by atoms with Gasteiger partial charge in [0.15, 0.2) is 0 Å². The van der Waals surface area contributed by atoms with Crippen LogP contribution in [0.5, 0.6) is 0 Å². The molecule has 0 saturated carbocycles. The molecule has 3 aromatic rings. The number of rotatable bonds is 4. The molecule has 0 atom stereocenters. The van der Waals surface area contributed by atoms with Gasteiger partial charge in [0.1, 0.15) is 10.7 Å². The third kappa shape index (κ3) is 3.20. The van der Waals surface area contributed by atoms with E-state index in [9.17, 15) is 9.59 Å². The molecule has 0 fully saturated rings. The Labute approximate surface area is 172 Å². The fourth-order valence-corrected chi connectivity index (χ4v) is 5.36. The van der Waals surface area contributed by atoms with E-state index in [1.165, 1.54) is 16.2 Å². The minimum Gasteiger partial charge on any atom is -0.352 e. The smallest absolute Gasteiger partial charge is 0.272 e. The van der Waals surface area contributed by atoms with Crippen molar-refractivity contribution >= 4 is 50.7 Å². The molecular weight excluding hydrogens is 394 g/mol. The van der Waals surface area contributed by atoms with Crippen molar-refractivity contribution in [2.24, 2.45) is 7.05 Å². The number of amides is 2. The van der Waals surface area contributed by atoms with Crippen LogP contribution < -0.4 is 10.6 Å². The molecule has 7 heteroatoms. The van der Waals surface area contributed by atoms with Gasteiger partial charge in [-0.15, -0.1) is 11.3 Å². The molecule has 2 aromatic heterocycles. The summed E-state index contributed by atoms with van der Waals surface area (Å²) in [6, 6.07) is 7.41. The summed E-state index contributed by atoms with van der Waals surface area (Å²) < 4.78 is 1.83. The summed E-state index contributed by atoms with van der Waals surface area (Å²) in [6.07, 6.45) is 4.05. The van der Waals surface area contributed by atoms with Crippen molar-refractivity contribution in [1.82, 2.24) is 9.88 Å². The van der Waals surface area contributed by atoms with Gasteiger partial charge >= 0.3 is 0 Å². The van der Waals surface area contributed by atoms with E-state index in [1.54, 1.807) is 6.07 Å². The van der Waals surface area contributed by atoms with E-state index in [0.717, 1.165) is 42.1 Å². The summed E-state index contributed by atoms with van der Waals surface area (Å²) in [6.45, 7) is 2.45. The molecule has 4 rings (SSSR count). The van der Waals surface area contributed by atoms with Crippen molar-refractivity contribution in [3.05, 3.63) is 51.0 Å². The number of halogens is 1. The molecular formula is C21H22ClN3O2S. The van der Waals surface area contributed by atoms with Gasteiger partial charge in [-0.3, -0.25) is 9.59 Å². The molecule has 28 heavy (non-hydrogen) atoms. The number of hydrogen-bond donors (Lipinski definition) is 2. The average Bonchev–Trinajstić information content (AvgIpc) is 3.20. The van der Waals surface area contributed by atoms with E-state index in [0.29, 0.717) is 27.8 Å². The zero-order valence-electron chi connectivity index (χ0n) is 15.9. The molecule has 0 bridgehead atoms. The summed E-state index contributed by atoms with van der Waals surface area (Å²) in [5.41, 5.74) is 3.13. The number of thiophene rings is 1. The first-order valence-corrected chi connectivity index (χ1v) is 10.7. The summed E-state index contributed by atoms with van der Waals surface area (Å²) in [5, 5.41) is 7.98. The van der Waals surface area contributed by atoms with Gasteiger partial charge in [0, 0.05) is 34.4 Å². The minimum atomic E-state index is -0.237. The molecule has 0 saturated heterocycles. The Hall–Kier alpha value is -2.31. The molecule has 0 unspecified atom stereocenters. The number of benzene rings is 1. The Morgan fingerprint density at radius 3 is 2.75 bits per heavy atom. The van der Waals surface area contributed by atoms with E-state index in [2.05, 4.69) is 10.6 Å². The molecule has 5 nitrogen and oxygen atoms in total. The van der Waals surface area contributed by atoms with E-state index < -0.39 is 0 Å². The predicted molar refractivity (Wildman–Crippen MR) is 115 cm³/mol. The van der Waals surface area contributed by atoms with E-state index in [-0.39, 0.29) is 11.8 Å². The third-order valence-corrected chi connectivity index (χ3v) is 6.77. The molecule has 1 aromatic carbocycles. The maximum Gasteiger partial charge on any atom is 0.272 e. The zero-order valence-corrected chi connectivity index (χ0v) is 17.5. The van der Waals surface area contributed by atoms with Crippen LogP contribution >= 0.6 is 22.9 Å². The first-order valence-electron chi connectivity index (χ1n) is 9.49. The number of carbonyl (C=O) groups excluding carboxylic acids is 2. The number of hydrogen-bond acceptors (Lipinski definition) is 3. The van der Waals surface area contributed by atoms with Crippen LogP contribution in [-0.4, -0.2) is 22.9 Å². The molecule has 2 amide bonds. The monoisotopic (exact) mass is 415 g/mol. The Kier molecular flexibility index (Phi) is 5.17. The summed E-state index contributed by atoms with van der Waals surface area (Å²) in [7, 11) is 1.84. The Morgan fingerprint density at radius 1 is 1.21 bits per heavy atom. The maximum absolute atomic E-state index is 13.1. The Bertz CT molecular complexity index is 1080. The first kappa shape index (κ1) is 19.0. The number of nitrogens with one attached hydrogen (secondary N) is 2. The van der Waals surface area contributed by atoms with Crippen molar-refractivity contribution in [1.29, 1.82) is 0 Å². The highest BCUT2D eigenvalue weighted by Crippen LogP contribution is 2.38. The normalized spacial score (nSPS) is 13.4. The average molecular weight is 416 g/mol. The SMILES string of the molecule is CCNC(=O)c1c(NC(=O)c2cc3c(Cl)cccc3n2C)sc2c1CCCC2. The molecule has 1 aliphatic rings. The Morgan fingerprint density at radius 2 is 2.00 bits per heavy atom. The number of aryl methyl sites for hydroxylation is 2. The van der Waals surface area contributed by atoms with Gasteiger partial charge in [-0.2, -0.15) is 0 Å². The van der Waals surface area contributed by atoms with Gasteiger partial charge in [0.2, 0.25) is 0 Å². The number of anilines is 1. The van der Waals surface area contributed by atoms with Crippen LogP contribution in [0.2, 0.25) is 5.02 Å². The van der Waals surface area contributed by atoms with E-state index >= 15 is 0 Å². The van der Waals surface area contributed by atoms with Gasteiger partial charge in [-0.1, -0.05) is 17.7 Å². The summed E-state index contributed by atoms with van der Waals surface area (Å²) in [4.78, 5) is 27.0. The molecule has 0 aliphatic heterocycles. The minimum absolute atomic E-state index is 0.114. The second-order valence-electron chi connectivity index (χ2n) is 6.99. The predicted octanol–water partition coefficient (Wildman–Crippen LogP) is 4.77. The first-order chi connectivity index (χ1) is 13.5. The molecule has 146 valence electrons. The van der Waals surface area contributed by atoms with Crippen LogP contribution in [-0.2, 0) is 19.9 Å². The number of fused-ring (bicyclic) bond motifs is 2. The highest BCUT2D eigenvalue weighted by molar-refractivity contribution is 7.17. The fourth-order valence-electron chi connectivity index (χ4n) is 3.85. The standard InChI is InChI=1S/C21H22ClN3O2S/c1-3-23-20(27)18-12-7-4-5-10-17(12)28-21(18)24-19(26)16-11-13-14(22)8-6-9-15(13)25(16)2/h6,8-9,11H,3-5,7,10H2,1-2H3,(H,23,27)(H,24,26). The van der Waals surface area contributed by atoms with Crippen LogP contribution in [0.4, 0.5) is 5.00 Å². The van der Waals surface area contributed by atoms with Gasteiger partial charge < -0.3 is 15.2 Å². The lowest BCUT2D eigenvalue weighted by Crippen LogP contribution is -2.25. The van der Waals surface area contributed by atoms with E-state index in [4.69, 9.17) is 11.6 Å². The molecule has 2 N–H and O–H groups in total. The maximum atomic E-state index is 13.1. The fraction of sp³-hybridized carbons (Fsp3) is 0.333. The van der Waals surface area contributed by atoms with Gasteiger partial charge in [-0.25, -0.2) is 0 Å². The quantitative estimate of drug-likeness (QED) is 0.644. The van der Waals surface area contributed by atoms with E-state index in [1.807, 2.05) is 36.7 Å². The second-order valence-corrected chi connectivity index (χ2v) is 8.50. The lowest BCUT2D eigenvalue weighted by atomic mass is 9.95. The van der Waals surface area contributed by atoms with Crippen molar-refractivity contribution in [3.8, 4) is 0 Å². The van der Waals surface area contributed by atoms with Crippen molar-refractivity contribution < 1.29 is 9.59 Å². The van der Waals surface area contributed by atoms with Crippen LogP contribution in [0.1, 0.15) is 51.1 Å². The molecule has 1 aliphatic carbocycles. The van der Waals surface area contributed by atoms with Crippen molar-refractivity contribution in [2.75, 3.05) is 11.9 Å². The van der Waals surface area contributed by atoms with Gasteiger partial charge in [-0.05, 0) is 56.4 Å². The van der Waals surface area contributed by atoms with Crippen molar-refractivity contribution in [2.45, 2.75) is 32.6 Å². The number of aromatic nitrogens is 1. The van der Waals surface area contributed by atoms with Crippen LogP contribution in [0.25, 0.3) is 10.9 Å². The number of carbonyl (C=O) groups is 2. The molecule has 0 radical (unpaired) electrons. The summed E-state index contributed by atoms with van der Waals surface area (Å²) >= 11 is 7.81. The lowest BCUT2D eigenvalue weighted by Gasteiger charge is -2.13. The second kappa shape index (κ2) is 7.60. The highest BCUT2D eigenvalue weighted by atomic mass is 35.5. The van der Waals surface area contributed by atoms with Gasteiger partial charge in [0.25, 0.3) is 11.8 Å². The molecule has 0 spiro atoms. The topological polar surface area (TPSA) is 63.1 Å². The van der Waals surface area contributed by atoms with Crippen LogP contribution in [0.3, 0.4) is 0 Å². The lowest BCUT2D eigenvalue weighted by molar-refractivity contribution is 0.0956. The zero-order chi connectivity index (χ0) is 19.8. The van der Waals surface area contributed by atoms with Gasteiger partial charge in [0.05, 0.1) is 5.56 Å². The Balaban J connectivity index is 1.72. The van der Waals surface area contributed by atoms with Crippen LogP contribution in [0, 0.1) is 0 Å².